The molecule has 0 aromatic carbocycles. The molecule has 0 aliphatic carbocycles. The number of nitrogens with one attached hydrogen (secondary N) is 2. The Morgan fingerprint density at radius 1 is 1.60 bits per heavy atom. The Kier molecular flexibility index (Phi) is 4.59. The molecule has 1 aliphatic heterocycles. The van der Waals surface area contributed by atoms with Gasteiger partial charge in [0.2, 0.25) is 0 Å². The molecule has 0 aromatic rings. The fraction of sp³-hybridized carbons (Fsp3) is 0.667. The monoisotopic (exact) mass is 213 g/mol. The molecule has 1 fully saturated rings. The zero-order valence-corrected chi connectivity index (χ0v) is 8.71. The summed E-state index contributed by atoms with van der Waals surface area (Å²) >= 11 is 0. The molecule has 1 aliphatic rings. The topological polar surface area (TPSA) is 79.8 Å². The predicted molar refractivity (Wildman–Crippen MR) is 54.5 cm³/mol. The first-order valence-corrected chi connectivity index (χ1v) is 5.04. The van der Waals surface area contributed by atoms with Crippen LogP contribution in [0.2, 0.25) is 0 Å². The van der Waals surface area contributed by atoms with Gasteiger partial charge in [-0.1, -0.05) is 5.16 Å². The minimum Gasteiger partial charge on any atom is -0.351 e. The summed E-state index contributed by atoms with van der Waals surface area (Å²) in [6.07, 6.45) is 1.70. The maximum absolute atomic E-state index is 11.3. The Morgan fingerprint density at radius 2 is 2.40 bits per heavy atom. The van der Waals surface area contributed by atoms with Crippen LogP contribution in [0, 0.1) is 0 Å². The van der Waals surface area contributed by atoms with Crippen LogP contribution in [0.5, 0.6) is 0 Å². The summed E-state index contributed by atoms with van der Waals surface area (Å²) < 4.78 is 0. The van der Waals surface area contributed by atoms with Gasteiger partial charge in [0.15, 0.2) is 0 Å². The molecule has 2 N–H and O–H groups in total. The van der Waals surface area contributed by atoms with Crippen LogP contribution in [0.4, 0.5) is 4.79 Å². The standard InChI is InChI=1S/C9H15N3O3/c1-2-10-9(14)15-12-7-5-3-4-6-11-8(7)13/h2-6H2,1H3,(H,10,14)(H,11,13). The SMILES string of the molecule is CCNC(=O)ON=C1CCCCNC1=O. The molecule has 1 saturated heterocycles. The van der Waals surface area contributed by atoms with Crippen LogP contribution in [-0.4, -0.2) is 30.8 Å². The number of hydrogen-bond acceptors (Lipinski definition) is 4. The van der Waals surface area contributed by atoms with E-state index in [1.165, 1.54) is 0 Å². The summed E-state index contributed by atoms with van der Waals surface area (Å²) in [6, 6.07) is 0. The number of oxime groups is 1. The van der Waals surface area contributed by atoms with Gasteiger partial charge in [-0.3, -0.25) is 9.63 Å². The van der Waals surface area contributed by atoms with Gasteiger partial charge in [-0.15, -0.1) is 0 Å². The summed E-state index contributed by atoms with van der Waals surface area (Å²) in [5, 5.41) is 8.62. The lowest BCUT2D eigenvalue weighted by atomic mass is 10.2. The second kappa shape index (κ2) is 6.00. The van der Waals surface area contributed by atoms with Crippen LogP contribution in [0.3, 0.4) is 0 Å². The van der Waals surface area contributed by atoms with Crippen molar-refractivity contribution >= 4 is 17.7 Å². The molecule has 0 atom stereocenters. The molecule has 0 unspecified atom stereocenters. The van der Waals surface area contributed by atoms with Crippen molar-refractivity contribution < 1.29 is 14.4 Å². The van der Waals surface area contributed by atoms with E-state index in [-0.39, 0.29) is 11.6 Å². The molecule has 84 valence electrons. The molecular formula is C9H15N3O3. The third-order valence-electron chi connectivity index (χ3n) is 1.95. The lowest BCUT2D eigenvalue weighted by Crippen LogP contribution is -2.30. The smallest absolute Gasteiger partial charge is 0.351 e. The summed E-state index contributed by atoms with van der Waals surface area (Å²) in [5.74, 6) is -0.253. The molecule has 15 heavy (non-hydrogen) atoms. The Morgan fingerprint density at radius 3 is 3.13 bits per heavy atom. The van der Waals surface area contributed by atoms with Gasteiger partial charge in [0.25, 0.3) is 5.91 Å². The van der Waals surface area contributed by atoms with Crippen LogP contribution in [-0.2, 0) is 9.63 Å². The van der Waals surface area contributed by atoms with Crippen molar-refractivity contribution in [1.82, 2.24) is 10.6 Å². The van der Waals surface area contributed by atoms with Crippen LogP contribution in [0.25, 0.3) is 0 Å². The normalized spacial score (nSPS) is 19.3. The molecule has 0 radical (unpaired) electrons. The van der Waals surface area contributed by atoms with E-state index in [9.17, 15) is 9.59 Å². The summed E-state index contributed by atoms with van der Waals surface area (Å²) in [7, 11) is 0. The molecule has 0 saturated carbocycles. The van der Waals surface area contributed by atoms with E-state index < -0.39 is 6.09 Å². The predicted octanol–water partition coefficient (Wildman–Crippen LogP) is 0.389. The van der Waals surface area contributed by atoms with Gasteiger partial charge >= 0.3 is 6.09 Å². The van der Waals surface area contributed by atoms with Crippen LogP contribution < -0.4 is 10.6 Å². The Hall–Kier alpha value is -1.59. The van der Waals surface area contributed by atoms with E-state index in [0.29, 0.717) is 19.5 Å². The minimum atomic E-state index is -0.637. The quantitative estimate of drug-likeness (QED) is 0.514. The molecule has 1 heterocycles. The molecule has 6 nitrogen and oxygen atoms in total. The van der Waals surface area contributed by atoms with E-state index >= 15 is 0 Å². The first kappa shape index (κ1) is 11.5. The molecule has 0 bridgehead atoms. The minimum absolute atomic E-state index is 0.253. The van der Waals surface area contributed by atoms with E-state index in [1.807, 2.05) is 0 Å². The highest BCUT2D eigenvalue weighted by atomic mass is 16.7. The number of nitrogens with zero attached hydrogens (tertiary/aromatic N) is 1. The van der Waals surface area contributed by atoms with Crippen molar-refractivity contribution in [2.24, 2.45) is 5.16 Å². The van der Waals surface area contributed by atoms with E-state index in [1.54, 1.807) is 6.92 Å². The van der Waals surface area contributed by atoms with Gasteiger partial charge in [-0.05, 0) is 26.2 Å². The average Bonchev–Trinajstić information content (AvgIpc) is 2.41. The zero-order chi connectivity index (χ0) is 11.1. The lowest BCUT2D eigenvalue weighted by Gasteiger charge is -2.01. The van der Waals surface area contributed by atoms with Gasteiger partial charge in [-0.2, -0.15) is 0 Å². The Labute approximate surface area is 88.0 Å². The third-order valence-corrected chi connectivity index (χ3v) is 1.95. The highest BCUT2D eigenvalue weighted by Gasteiger charge is 2.15. The first-order chi connectivity index (χ1) is 7.24. The third kappa shape index (κ3) is 3.97. The molecular weight excluding hydrogens is 198 g/mol. The van der Waals surface area contributed by atoms with Crippen molar-refractivity contribution in [2.45, 2.75) is 26.2 Å². The van der Waals surface area contributed by atoms with E-state index in [0.717, 1.165) is 12.8 Å². The number of hydrogen-bond donors (Lipinski definition) is 2. The number of carbonyl (C=O) groups is 2. The van der Waals surface area contributed by atoms with E-state index in [4.69, 9.17) is 0 Å². The fourth-order valence-corrected chi connectivity index (χ4v) is 1.20. The lowest BCUT2D eigenvalue weighted by molar-refractivity contribution is -0.114. The molecule has 1 rings (SSSR count). The molecule has 0 spiro atoms. The average molecular weight is 213 g/mol. The van der Waals surface area contributed by atoms with Gasteiger partial charge in [-0.25, -0.2) is 4.79 Å². The maximum atomic E-state index is 11.3. The molecule has 0 aromatic heterocycles. The molecule has 2 amide bonds. The number of amides is 2. The van der Waals surface area contributed by atoms with Gasteiger partial charge in [0, 0.05) is 13.1 Å². The van der Waals surface area contributed by atoms with Crippen molar-refractivity contribution in [2.75, 3.05) is 13.1 Å². The maximum Gasteiger partial charge on any atom is 0.433 e. The largest absolute Gasteiger partial charge is 0.433 e. The van der Waals surface area contributed by atoms with Crippen LogP contribution >= 0.6 is 0 Å². The second-order valence-electron chi connectivity index (χ2n) is 3.16. The second-order valence-corrected chi connectivity index (χ2v) is 3.16. The summed E-state index contributed by atoms with van der Waals surface area (Å²) in [4.78, 5) is 26.8. The first-order valence-electron chi connectivity index (χ1n) is 5.04. The Balaban J connectivity index is 2.48. The van der Waals surface area contributed by atoms with Gasteiger partial charge in [0.05, 0.1) is 0 Å². The highest BCUT2D eigenvalue weighted by Crippen LogP contribution is 2.02. The van der Waals surface area contributed by atoms with Crippen LogP contribution in [0.1, 0.15) is 26.2 Å². The fourth-order valence-electron chi connectivity index (χ4n) is 1.20. The van der Waals surface area contributed by atoms with Crippen molar-refractivity contribution in [3.8, 4) is 0 Å². The van der Waals surface area contributed by atoms with Crippen LogP contribution in [0.15, 0.2) is 5.16 Å². The Bertz CT molecular complexity index is 276. The molecule has 6 heteroatoms. The number of carbonyl (C=O) groups excluding carboxylic acids is 2. The highest BCUT2D eigenvalue weighted by molar-refractivity contribution is 6.38. The summed E-state index contributed by atoms with van der Waals surface area (Å²) in [5.41, 5.74) is 0.277. The van der Waals surface area contributed by atoms with Crippen molar-refractivity contribution in [3.63, 3.8) is 0 Å². The van der Waals surface area contributed by atoms with Crippen molar-refractivity contribution in [3.05, 3.63) is 0 Å². The van der Waals surface area contributed by atoms with E-state index in [2.05, 4.69) is 20.6 Å². The van der Waals surface area contributed by atoms with Gasteiger partial charge < -0.3 is 10.6 Å². The number of rotatable bonds is 2. The van der Waals surface area contributed by atoms with Gasteiger partial charge in [0.1, 0.15) is 5.71 Å². The van der Waals surface area contributed by atoms with Crippen molar-refractivity contribution in [1.29, 1.82) is 0 Å². The zero-order valence-electron chi connectivity index (χ0n) is 8.71. The summed E-state index contributed by atoms with van der Waals surface area (Å²) in [6.45, 7) is 2.89.